The molecule has 0 saturated carbocycles. The Hall–Kier alpha value is -3.61. The molecule has 2 aromatic carbocycles. The van der Waals surface area contributed by atoms with Crippen molar-refractivity contribution in [1.82, 2.24) is 14.7 Å². The number of methoxy groups -OCH3 is 1. The molecule has 0 radical (unpaired) electrons. The number of aromatic nitrogens is 2. The summed E-state index contributed by atoms with van der Waals surface area (Å²) in [7, 11) is 3.34. The van der Waals surface area contributed by atoms with Crippen LogP contribution >= 0.6 is 0 Å². The van der Waals surface area contributed by atoms with Crippen LogP contribution in [0, 0.1) is 5.92 Å². The minimum atomic E-state index is -0.378. The lowest BCUT2D eigenvalue weighted by molar-refractivity contribution is -0.135. The first-order valence-electron chi connectivity index (χ1n) is 9.84. The quantitative estimate of drug-likeness (QED) is 0.634. The van der Waals surface area contributed by atoms with E-state index in [-0.39, 0.29) is 24.2 Å². The highest BCUT2D eigenvalue weighted by Crippen LogP contribution is 2.33. The molecule has 1 atom stereocenters. The third-order valence-corrected chi connectivity index (χ3v) is 5.30. The van der Waals surface area contributed by atoms with E-state index in [9.17, 15) is 9.59 Å². The van der Waals surface area contributed by atoms with Crippen molar-refractivity contribution in [1.29, 1.82) is 0 Å². The third-order valence-electron chi connectivity index (χ3n) is 5.30. The molecule has 1 aromatic heterocycles. The van der Waals surface area contributed by atoms with Crippen LogP contribution in [0.25, 0.3) is 5.69 Å². The van der Waals surface area contributed by atoms with Gasteiger partial charge < -0.3 is 14.5 Å². The van der Waals surface area contributed by atoms with Gasteiger partial charge in [0, 0.05) is 38.3 Å². The van der Waals surface area contributed by atoms with Gasteiger partial charge in [-0.05, 0) is 24.3 Å². The van der Waals surface area contributed by atoms with Gasteiger partial charge in [0.05, 0.1) is 30.6 Å². The minimum Gasteiger partial charge on any atom is -0.495 e. The van der Waals surface area contributed by atoms with Gasteiger partial charge in [-0.1, -0.05) is 30.3 Å². The maximum Gasteiger partial charge on any atom is 0.228 e. The first kappa shape index (κ1) is 19.7. The zero-order chi connectivity index (χ0) is 21.1. The van der Waals surface area contributed by atoms with Gasteiger partial charge in [0.25, 0.3) is 0 Å². The Kier molecular flexibility index (Phi) is 5.52. The van der Waals surface area contributed by atoms with Crippen molar-refractivity contribution < 1.29 is 14.3 Å². The molecule has 30 heavy (non-hydrogen) atoms. The molecule has 0 spiro atoms. The smallest absolute Gasteiger partial charge is 0.228 e. The van der Waals surface area contributed by atoms with Crippen molar-refractivity contribution in [3.8, 4) is 11.4 Å². The van der Waals surface area contributed by atoms with Gasteiger partial charge in [-0.2, -0.15) is 5.10 Å². The molecule has 1 fully saturated rings. The van der Waals surface area contributed by atoms with E-state index in [4.69, 9.17) is 4.74 Å². The van der Waals surface area contributed by atoms with E-state index in [0.29, 0.717) is 24.5 Å². The number of nitrogens with zero attached hydrogens (tertiary/aromatic N) is 4. The van der Waals surface area contributed by atoms with Gasteiger partial charge in [-0.3, -0.25) is 9.59 Å². The minimum absolute atomic E-state index is 0.0480. The van der Waals surface area contributed by atoms with Crippen LogP contribution < -0.4 is 9.64 Å². The van der Waals surface area contributed by atoms with Crippen LogP contribution in [-0.4, -0.2) is 47.2 Å². The first-order chi connectivity index (χ1) is 14.6. The number of hydrogen-bond donors (Lipinski definition) is 0. The lowest BCUT2D eigenvalue weighted by Gasteiger charge is -2.22. The van der Waals surface area contributed by atoms with Crippen LogP contribution in [0.2, 0.25) is 0 Å². The summed E-state index contributed by atoms with van der Waals surface area (Å²) in [6.07, 6.45) is 3.88. The van der Waals surface area contributed by atoms with Crippen molar-refractivity contribution in [2.24, 2.45) is 5.92 Å². The molecule has 0 N–H and O–H groups in total. The van der Waals surface area contributed by atoms with E-state index in [0.717, 1.165) is 11.3 Å². The average Bonchev–Trinajstić information content (AvgIpc) is 3.40. The molecule has 1 aliphatic heterocycles. The van der Waals surface area contributed by atoms with Crippen molar-refractivity contribution in [2.45, 2.75) is 13.0 Å². The Bertz CT molecular complexity index is 1050. The monoisotopic (exact) mass is 404 g/mol. The number of para-hydroxylation sites is 3. The van der Waals surface area contributed by atoms with Gasteiger partial charge in [0.15, 0.2) is 0 Å². The third kappa shape index (κ3) is 3.91. The number of carbonyl (C=O) groups is 2. The molecule has 0 bridgehead atoms. The van der Waals surface area contributed by atoms with Crippen molar-refractivity contribution in [2.75, 3.05) is 25.6 Å². The Morgan fingerprint density at radius 3 is 2.67 bits per heavy atom. The second-order valence-electron chi connectivity index (χ2n) is 7.40. The van der Waals surface area contributed by atoms with Gasteiger partial charge in [0.1, 0.15) is 5.75 Å². The summed E-state index contributed by atoms with van der Waals surface area (Å²) in [6, 6.07) is 17.2. The SMILES string of the molecule is COc1ccccc1N1CC(C(=O)N(C)Cc2cnn(-c3ccccc3)c2)CC1=O. The summed E-state index contributed by atoms with van der Waals surface area (Å²) in [5.74, 6) is 0.133. The molecule has 4 rings (SSSR count). The summed E-state index contributed by atoms with van der Waals surface area (Å²) >= 11 is 0. The highest BCUT2D eigenvalue weighted by atomic mass is 16.5. The number of amides is 2. The molecular weight excluding hydrogens is 380 g/mol. The zero-order valence-electron chi connectivity index (χ0n) is 17.1. The van der Waals surface area contributed by atoms with Gasteiger partial charge in [0.2, 0.25) is 11.8 Å². The van der Waals surface area contributed by atoms with Crippen LogP contribution in [-0.2, 0) is 16.1 Å². The number of ether oxygens (including phenoxy) is 1. The number of rotatable bonds is 6. The highest BCUT2D eigenvalue weighted by molar-refractivity contribution is 6.01. The molecule has 7 nitrogen and oxygen atoms in total. The summed E-state index contributed by atoms with van der Waals surface area (Å²) in [5, 5.41) is 4.38. The van der Waals surface area contributed by atoms with Crippen LogP contribution in [0.15, 0.2) is 67.0 Å². The molecular formula is C23H24N4O3. The normalized spacial score (nSPS) is 16.0. The van der Waals surface area contributed by atoms with E-state index < -0.39 is 0 Å². The Balaban J connectivity index is 1.42. The maximum atomic E-state index is 13.0. The summed E-state index contributed by atoms with van der Waals surface area (Å²) in [6.45, 7) is 0.788. The fourth-order valence-corrected chi connectivity index (χ4v) is 3.79. The topological polar surface area (TPSA) is 67.7 Å². The predicted octanol–water partition coefficient (Wildman–Crippen LogP) is 2.89. The molecule has 7 heteroatoms. The number of hydrogen-bond acceptors (Lipinski definition) is 4. The maximum absolute atomic E-state index is 13.0. The first-order valence-corrected chi connectivity index (χ1v) is 9.84. The van der Waals surface area contributed by atoms with E-state index in [1.54, 1.807) is 34.8 Å². The lowest BCUT2D eigenvalue weighted by Crippen LogP contribution is -2.34. The van der Waals surface area contributed by atoms with E-state index >= 15 is 0 Å². The van der Waals surface area contributed by atoms with Crippen molar-refractivity contribution in [3.63, 3.8) is 0 Å². The fourth-order valence-electron chi connectivity index (χ4n) is 3.79. The molecule has 154 valence electrons. The van der Waals surface area contributed by atoms with Crippen LogP contribution in [0.5, 0.6) is 5.75 Å². The largest absolute Gasteiger partial charge is 0.495 e. The van der Waals surface area contributed by atoms with Crippen LogP contribution in [0.3, 0.4) is 0 Å². The van der Waals surface area contributed by atoms with Crippen LogP contribution in [0.1, 0.15) is 12.0 Å². The van der Waals surface area contributed by atoms with E-state index in [1.165, 1.54) is 0 Å². The second-order valence-corrected chi connectivity index (χ2v) is 7.40. The van der Waals surface area contributed by atoms with Gasteiger partial charge in [-0.25, -0.2) is 4.68 Å². The van der Waals surface area contributed by atoms with Crippen molar-refractivity contribution >= 4 is 17.5 Å². The summed E-state index contributed by atoms with van der Waals surface area (Å²) in [4.78, 5) is 28.9. The Morgan fingerprint density at radius 1 is 1.17 bits per heavy atom. The molecule has 2 amide bonds. The van der Waals surface area contributed by atoms with E-state index in [1.807, 2.05) is 60.8 Å². The van der Waals surface area contributed by atoms with Crippen LogP contribution in [0.4, 0.5) is 5.69 Å². The molecule has 2 heterocycles. The predicted molar refractivity (Wildman–Crippen MR) is 113 cm³/mol. The molecule has 1 saturated heterocycles. The standard InChI is InChI=1S/C23H24N4O3/c1-25(14-17-13-24-27(15-17)19-8-4-3-5-9-19)23(29)18-12-22(28)26(16-18)20-10-6-7-11-21(20)30-2/h3-11,13,15,18H,12,14,16H2,1-2H3. The molecule has 1 aliphatic rings. The molecule has 1 unspecified atom stereocenters. The molecule has 0 aliphatic carbocycles. The number of benzene rings is 2. The van der Waals surface area contributed by atoms with Crippen molar-refractivity contribution in [3.05, 3.63) is 72.6 Å². The summed E-state index contributed by atoms with van der Waals surface area (Å²) < 4.78 is 7.16. The average molecular weight is 404 g/mol. The Morgan fingerprint density at radius 2 is 1.90 bits per heavy atom. The fraction of sp³-hybridized carbons (Fsp3) is 0.261. The van der Waals surface area contributed by atoms with Gasteiger partial charge in [-0.15, -0.1) is 0 Å². The highest BCUT2D eigenvalue weighted by Gasteiger charge is 2.37. The zero-order valence-corrected chi connectivity index (χ0v) is 17.1. The Labute approximate surface area is 175 Å². The second kappa shape index (κ2) is 8.41. The van der Waals surface area contributed by atoms with Gasteiger partial charge >= 0.3 is 0 Å². The number of carbonyl (C=O) groups excluding carboxylic acids is 2. The lowest BCUT2D eigenvalue weighted by atomic mass is 10.1. The molecule has 3 aromatic rings. The summed E-state index contributed by atoms with van der Waals surface area (Å²) in [5.41, 5.74) is 2.60. The van der Waals surface area contributed by atoms with E-state index in [2.05, 4.69) is 5.10 Å². The number of anilines is 1.